The smallest absolute Gasteiger partial charge is 0.271 e. The van der Waals surface area contributed by atoms with Gasteiger partial charge in [-0.05, 0) is 30.5 Å². The number of anilines is 1. The highest BCUT2D eigenvalue weighted by molar-refractivity contribution is 6.30. The highest BCUT2D eigenvalue weighted by atomic mass is 35.5. The predicted octanol–water partition coefficient (Wildman–Crippen LogP) is 2.19. The van der Waals surface area contributed by atoms with Crippen LogP contribution in [0.5, 0.6) is 0 Å². The molecule has 6 heteroatoms. The number of nitrogens with zero attached hydrogens (tertiary/aromatic N) is 2. The molecular formula is C15H19ClN4O. The van der Waals surface area contributed by atoms with E-state index in [0.717, 1.165) is 11.3 Å². The highest BCUT2D eigenvalue weighted by Gasteiger charge is 2.18. The summed E-state index contributed by atoms with van der Waals surface area (Å²) in [5.41, 5.74) is 8.66. The minimum Gasteiger partial charge on any atom is -0.395 e. The number of benzene rings is 1. The fourth-order valence-electron chi connectivity index (χ4n) is 2.22. The second-order valence-corrected chi connectivity index (χ2v) is 5.26. The molecule has 0 saturated heterocycles. The van der Waals surface area contributed by atoms with Gasteiger partial charge in [-0.1, -0.05) is 30.7 Å². The summed E-state index contributed by atoms with van der Waals surface area (Å²) in [5, 5.41) is 7.80. The number of hydrogen-bond acceptors (Lipinski definition) is 3. The molecule has 1 amide bonds. The number of carbonyl (C=O) groups excluding carboxylic acids is 1. The summed E-state index contributed by atoms with van der Waals surface area (Å²) in [4.78, 5) is 12.2. The van der Waals surface area contributed by atoms with E-state index in [-0.39, 0.29) is 5.91 Å². The van der Waals surface area contributed by atoms with Crippen LogP contribution in [0.4, 0.5) is 5.69 Å². The van der Waals surface area contributed by atoms with Gasteiger partial charge >= 0.3 is 0 Å². The van der Waals surface area contributed by atoms with Gasteiger partial charge in [-0.15, -0.1) is 0 Å². The molecule has 0 atom stereocenters. The molecule has 3 N–H and O–H groups in total. The van der Waals surface area contributed by atoms with E-state index >= 15 is 0 Å². The van der Waals surface area contributed by atoms with Crippen LogP contribution in [-0.2, 0) is 19.9 Å². The predicted molar refractivity (Wildman–Crippen MR) is 84.5 cm³/mol. The third-order valence-corrected chi connectivity index (χ3v) is 3.53. The topological polar surface area (TPSA) is 72.9 Å². The summed E-state index contributed by atoms with van der Waals surface area (Å²) in [6.07, 6.45) is 1.42. The van der Waals surface area contributed by atoms with Crippen molar-refractivity contribution in [1.82, 2.24) is 15.1 Å². The van der Waals surface area contributed by atoms with E-state index in [1.54, 1.807) is 7.05 Å². The maximum absolute atomic E-state index is 12.2. The van der Waals surface area contributed by atoms with Gasteiger partial charge in [0.1, 0.15) is 5.69 Å². The zero-order chi connectivity index (χ0) is 15.4. The Bertz CT molecular complexity index is 651. The first-order valence-corrected chi connectivity index (χ1v) is 7.24. The molecule has 0 spiro atoms. The average molecular weight is 307 g/mol. The van der Waals surface area contributed by atoms with Crippen LogP contribution in [0.1, 0.15) is 28.7 Å². The lowest BCUT2D eigenvalue weighted by molar-refractivity contribution is 0.0945. The Labute approximate surface area is 129 Å². The Morgan fingerprint density at radius 2 is 2.24 bits per heavy atom. The van der Waals surface area contributed by atoms with E-state index < -0.39 is 0 Å². The van der Waals surface area contributed by atoms with E-state index in [9.17, 15) is 4.79 Å². The molecule has 1 aromatic heterocycles. The van der Waals surface area contributed by atoms with Crippen LogP contribution in [0.15, 0.2) is 24.3 Å². The summed E-state index contributed by atoms with van der Waals surface area (Å²) < 4.78 is 1.53. The first-order valence-electron chi connectivity index (χ1n) is 6.87. The van der Waals surface area contributed by atoms with Gasteiger partial charge in [-0.2, -0.15) is 5.10 Å². The maximum Gasteiger partial charge on any atom is 0.271 e. The van der Waals surface area contributed by atoms with E-state index in [2.05, 4.69) is 10.4 Å². The van der Waals surface area contributed by atoms with Crippen LogP contribution >= 0.6 is 11.6 Å². The van der Waals surface area contributed by atoms with Crippen molar-refractivity contribution in [3.63, 3.8) is 0 Å². The molecule has 0 saturated carbocycles. The third-order valence-electron chi connectivity index (χ3n) is 3.30. The lowest BCUT2D eigenvalue weighted by Crippen LogP contribution is -2.28. The van der Waals surface area contributed by atoms with Gasteiger partial charge in [0.25, 0.3) is 5.91 Å². The summed E-state index contributed by atoms with van der Waals surface area (Å²) in [6, 6.07) is 7.59. The first-order chi connectivity index (χ1) is 10.0. The number of nitrogen functional groups attached to an aromatic ring is 1. The van der Waals surface area contributed by atoms with Crippen LogP contribution in [0.3, 0.4) is 0 Å². The van der Waals surface area contributed by atoms with Gasteiger partial charge in [-0.25, -0.2) is 0 Å². The van der Waals surface area contributed by atoms with Gasteiger partial charge in [0.15, 0.2) is 0 Å². The summed E-state index contributed by atoms with van der Waals surface area (Å²) in [5.74, 6) is -0.204. The van der Waals surface area contributed by atoms with Gasteiger partial charge in [0.2, 0.25) is 0 Å². The number of rotatable bonds is 5. The van der Waals surface area contributed by atoms with Gasteiger partial charge < -0.3 is 11.1 Å². The van der Waals surface area contributed by atoms with Crippen LogP contribution in [0, 0.1) is 0 Å². The molecule has 1 heterocycles. The molecule has 0 bridgehead atoms. The molecule has 0 aliphatic heterocycles. The van der Waals surface area contributed by atoms with Crippen LogP contribution in [-0.4, -0.2) is 22.2 Å². The number of nitrogens with one attached hydrogen (secondary N) is 1. The van der Waals surface area contributed by atoms with E-state index in [1.807, 2.05) is 31.2 Å². The largest absolute Gasteiger partial charge is 0.395 e. The van der Waals surface area contributed by atoms with Gasteiger partial charge in [0.05, 0.1) is 11.4 Å². The second kappa shape index (κ2) is 6.63. The van der Waals surface area contributed by atoms with E-state index in [0.29, 0.717) is 35.8 Å². The van der Waals surface area contributed by atoms with Crippen molar-refractivity contribution in [2.24, 2.45) is 7.05 Å². The molecule has 112 valence electrons. The summed E-state index contributed by atoms with van der Waals surface area (Å²) in [7, 11) is 1.72. The van der Waals surface area contributed by atoms with Crippen molar-refractivity contribution in [3.8, 4) is 0 Å². The minimum atomic E-state index is -0.204. The summed E-state index contributed by atoms with van der Waals surface area (Å²) in [6.45, 7) is 2.48. The molecule has 0 aliphatic carbocycles. The number of carbonyl (C=O) groups is 1. The molecule has 21 heavy (non-hydrogen) atoms. The zero-order valence-corrected chi connectivity index (χ0v) is 12.9. The molecule has 0 radical (unpaired) electrons. The third kappa shape index (κ3) is 3.55. The van der Waals surface area contributed by atoms with E-state index in [1.165, 1.54) is 4.68 Å². The molecule has 0 unspecified atom stereocenters. The van der Waals surface area contributed by atoms with Gasteiger partial charge in [0, 0.05) is 18.6 Å². The van der Waals surface area contributed by atoms with Crippen molar-refractivity contribution in [2.45, 2.75) is 19.8 Å². The second-order valence-electron chi connectivity index (χ2n) is 4.82. The van der Waals surface area contributed by atoms with Crippen molar-refractivity contribution in [2.75, 3.05) is 12.3 Å². The van der Waals surface area contributed by atoms with Crippen molar-refractivity contribution < 1.29 is 4.79 Å². The standard InChI is InChI=1S/C15H19ClN4O/c1-3-12-13(17)14(20(2)19-12)15(21)18-8-7-10-5-4-6-11(16)9-10/h4-6,9H,3,7-8,17H2,1-2H3,(H,18,21). The molecule has 2 rings (SSSR count). The Morgan fingerprint density at radius 3 is 2.86 bits per heavy atom. The van der Waals surface area contributed by atoms with Crippen molar-refractivity contribution in [1.29, 1.82) is 0 Å². The molecule has 1 aromatic carbocycles. The maximum atomic E-state index is 12.2. The Balaban J connectivity index is 1.98. The lowest BCUT2D eigenvalue weighted by atomic mass is 10.1. The quantitative estimate of drug-likeness (QED) is 0.889. The number of amides is 1. The van der Waals surface area contributed by atoms with E-state index in [4.69, 9.17) is 17.3 Å². The number of nitrogens with two attached hydrogens (primary N) is 1. The number of halogens is 1. The normalized spacial score (nSPS) is 10.6. The fraction of sp³-hybridized carbons (Fsp3) is 0.333. The van der Waals surface area contributed by atoms with Gasteiger partial charge in [-0.3, -0.25) is 9.48 Å². The SMILES string of the molecule is CCc1nn(C)c(C(=O)NCCc2cccc(Cl)c2)c1N. The molecule has 2 aromatic rings. The van der Waals surface area contributed by atoms with Crippen LogP contribution in [0.2, 0.25) is 5.02 Å². The van der Waals surface area contributed by atoms with Crippen LogP contribution in [0.25, 0.3) is 0 Å². The Kier molecular flexibility index (Phi) is 4.85. The Morgan fingerprint density at radius 1 is 1.48 bits per heavy atom. The first kappa shape index (κ1) is 15.4. The fourth-order valence-corrected chi connectivity index (χ4v) is 2.44. The monoisotopic (exact) mass is 306 g/mol. The molecular weight excluding hydrogens is 288 g/mol. The highest BCUT2D eigenvalue weighted by Crippen LogP contribution is 2.16. The average Bonchev–Trinajstić information content (AvgIpc) is 2.73. The van der Waals surface area contributed by atoms with Crippen molar-refractivity contribution in [3.05, 3.63) is 46.2 Å². The number of aromatic nitrogens is 2. The molecule has 0 aliphatic rings. The number of aryl methyl sites for hydroxylation is 2. The summed E-state index contributed by atoms with van der Waals surface area (Å²) >= 11 is 5.93. The number of hydrogen-bond donors (Lipinski definition) is 2. The van der Waals surface area contributed by atoms with Crippen molar-refractivity contribution >= 4 is 23.2 Å². The lowest BCUT2D eigenvalue weighted by Gasteiger charge is -2.07. The molecule has 0 fully saturated rings. The Hall–Kier alpha value is -2.01. The zero-order valence-electron chi connectivity index (χ0n) is 12.2. The molecule has 5 nitrogen and oxygen atoms in total. The van der Waals surface area contributed by atoms with Crippen LogP contribution < -0.4 is 11.1 Å². The minimum absolute atomic E-state index is 0.204.